The van der Waals surface area contributed by atoms with Crippen LogP contribution in [-0.2, 0) is 13.0 Å². The predicted molar refractivity (Wildman–Crippen MR) is 127 cm³/mol. The number of amides is 1. The number of nitrogens with one attached hydrogen (secondary N) is 1. The minimum Gasteiger partial charge on any atom is -0.350 e. The maximum Gasteiger partial charge on any atom is 0.251 e. The lowest BCUT2D eigenvalue weighted by atomic mass is 10.0. The van der Waals surface area contributed by atoms with E-state index in [0.29, 0.717) is 30.4 Å². The molecule has 7 nitrogen and oxygen atoms in total. The summed E-state index contributed by atoms with van der Waals surface area (Å²) in [4.78, 5) is 21.6. The van der Waals surface area contributed by atoms with Crippen LogP contribution in [-0.4, -0.2) is 32.1 Å². The molecular weight excluding hydrogens is 414 g/mol. The summed E-state index contributed by atoms with van der Waals surface area (Å²) in [6.45, 7) is 3.11. The number of hydrogen-bond donors (Lipinski definition) is 1. The van der Waals surface area contributed by atoms with Gasteiger partial charge in [-0.3, -0.25) is 4.79 Å². The fourth-order valence-corrected chi connectivity index (χ4v) is 4.69. The van der Waals surface area contributed by atoms with Crippen LogP contribution < -0.4 is 5.32 Å². The van der Waals surface area contributed by atoms with Gasteiger partial charge in [-0.05, 0) is 49.1 Å². The number of imidazole rings is 1. The van der Waals surface area contributed by atoms with Gasteiger partial charge in [0.15, 0.2) is 0 Å². The summed E-state index contributed by atoms with van der Waals surface area (Å²) >= 11 is 0. The van der Waals surface area contributed by atoms with Gasteiger partial charge in [0, 0.05) is 30.6 Å². The zero-order valence-electron chi connectivity index (χ0n) is 19.0. The minimum absolute atomic E-state index is 0.0550. The fraction of sp³-hybridized carbons (Fsp3) is 0.385. The second-order valence-corrected chi connectivity index (χ2v) is 8.91. The Morgan fingerprint density at radius 3 is 2.88 bits per heavy atom. The van der Waals surface area contributed by atoms with Gasteiger partial charge in [-0.25, -0.2) is 4.98 Å². The summed E-state index contributed by atoms with van der Waals surface area (Å²) in [5, 5.41) is 7.18. The summed E-state index contributed by atoms with van der Waals surface area (Å²) in [6, 6.07) is 13.6. The topological polar surface area (TPSA) is 85.8 Å². The first-order valence-corrected chi connectivity index (χ1v) is 11.8. The highest BCUT2D eigenvalue weighted by Gasteiger charge is 2.17. The van der Waals surface area contributed by atoms with E-state index in [2.05, 4.69) is 20.4 Å². The summed E-state index contributed by atoms with van der Waals surface area (Å²) in [7, 11) is 0. The average Bonchev–Trinajstić information content (AvgIpc) is 3.59. The third kappa shape index (κ3) is 4.82. The van der Waals surface area contributed by atoms with E-state index in [1.54, 1.807) is 6.33 Å². The highest BCUT2D eigenvalue weighted by Crippen LogP contribution is 2.29. The summed E-state index contributed by atoms with van der Waals surface area (Å²) in [5.41, 5.74) is 4.46. The van der Waals surface area contributed by atoms with Gasteiger partial charge < -0.3 is 14.4 Å². The monoisotopic (exact) mass is 443 g/mol. The smallest absolute Gasteiger partial charge is 0.251 e. The molecule has 0 aliphatic heterocycles. The van der Waals surface area contributed by atoms with Crippen molar-refractivity contribution >= 4 is 16.9 Å². The van der Waals surface area contributed by atoms with Gasteiger partial charge >= 0.3 is 0 Å². The Labute approximate surface area is 193 Å². The number of hydrogen-bond acceptors (Lipinski definition) is 5. The van der Waals surface area contributed by atoms with Gasteiger partial charge in [-0.2, -0.15) is 4.98 Å². The molecule has 5 rings (SSSR count). The Kier molecular flexibility index (Phi) is 6.19. The van der Waals surface area contributed by atoms with E-state index < -0.39 is 0 Å². The number of carbonyl (C=O) groups excluding carboxylic acids is 1. The van der Waals surface area contributed by atoms with Crippen LogP contribution in [0, 0.1) is 12.8 Å². The standard InChI is InChI=1S/C26H29N5O2/c1-18-6-2-5-9-21(18)26(32)27-14-15-31-17-28-22-16-20(11-12-23(22)31)25-29-24(33-30-25)13-10-19-7-3-4-8-19/h2,5-6,9,11-12,16-17,19H,3-4,7-8,10,13-15H2,1H3,(H,27,32). The van der Waals surface area contributed by atoms with Crippen LogP contribution in [0.25, 0.3) is 22.4 Å². The Morgan fingerprint density at radius 2 is 2.03 bits per heavy atom. The Hall–Kier alpha value is -3.48. The molecule has 1 aliphatic rings. The molecular formula is C26H29N5O2. The lowest BCUT2D eigenvalue weighted by Gasteiger charge is -2.08. The lowest BCUT2D eigenvalue weighted by Crippen LogP contribution is -2.27. The third-order valence-corrected chi connectivity index (χ3v) is 6.62. The quantitative estimate of drug-likeness (QED) is 0.417. The molecule has 1 saturated carbocycles. The van der Waals surface area contributed by atoms with Crippen molar-refractivity contribution in [2.75, 3.05) is 6.54 Å². The number of aryl methyl sites for hydroxylation is 2. The summed E-state index contributed by atoms with van der Waals surface area (Å²) in [5.74, 6) is 2.08. The van der Waals surface area contributed by atoms with Gasteiger partial charge in [0.25, 0.3) is 5.91 Å². The van der Waals surface area contributed by atoms with Crippen molar-refractivity contribution in [1.29, 1.82) is 0 Å². The number of rotatable bonds is 8. The number of aromatic nitrogens is 4. The molecule has 1 fully saturated rings. The molecule has 0 saturated heterocycles. The third-order valence-electron chi connectivity index (χ3n) is 6.62. The summed E-state index contributed by atoms with van der Waals surface area (Å²) < 4.78 is 7.53. The molecule has 0 unspecified atom stereocenters. The normalized spacial score (nSPS) is 14.2. The van der Waals surface area contributed by atoms with Crippen LogP contribution in [0.5, 0.6) is 0 Å². The molecule has 2 heterocycles. The van der Waals surface area contributed by atoms with E-state index in [-0.39, 0.29) is 5.91 Å². The fourth-order valence-electron chi connectivity index (χ4n) is 4.69. The van der Waals surface area contributed by atoms with E-state index in [0.717, 1.165) is 40.9 Å². The first-order chi connectivity index (χ1) is 16.2. The zero-order valence-corrected chi connectivity index (χ0v) is 19.0. The van der Waals surface area contributed by atoms with E-state index in [9.17, 15) is 4.79 Å². The van der Waals surface area contributed by atoms with Crippen LogP contribution in [0.3, 0.4) is 0 Å². The highest BCUT2D eigenvalue weighted by atomic mass is 16.5. The second kappa shape index (κ2) is 9.57. The molecule has 33 heavy (non-hydrogen) atoms. The zero-order chi connectivity index (χ0) is 22.6. The SMILES string of the molecule is Cc1ccccc1C(=O)NCCn1cnc2cc(-c3noc(CCC4CCCC4)n3)ccc21. The van der Waals surface area contributed by atoms with Crippen molar-refractivity contribution < 1.29 is 9.32 Å². The molecule has 1 amide bonds. The van der Waals surface area contributed by atoms with Crippen LogP contribution in [0.2, 0.25) is 0 Å². The number of carbonyl (C=O) groups is 1. The van der Waals surface area contributed by atoms with Gasteiger partial charge in [0.1, 0.15) is 0 Å². The Morgan fingerprint density at radius 1 is 1.18 bits per heavy atom. The van der Waals surface area contributed by atoms with Crippen molar-refractivity contribution in [2.24, 2.45) is 5.92 Å². The molecule has 2 aromatic carbocycles. The molecule has 0 spiro atoms. The van der Waals surface area contributed by atoms with E-state index in [4.69, 9.17) is 4.52 Å². The van der Waals surface area contributed by atoms with Crippen molar-refractivity contribution in [3.63, 3.8) is 0 Å². The molecule has 1 N–H and O–H groups in total. The summed E-state index contributed by atoms with van der Waals surface area (Å²) in [6.07, 6.45) is 9.15. The molecule has 7 heteroatoms. The number of fused-ring (bicyclic) bond motifs is 1. The molecule has 1 aliphatic carbocycles. The van der Waals surface area contributed by atoms with Gasteiger partial charge in [0.05, 0.1) is 17.4 Å². The maximum absolute atomic E-state index is 12.4. The van der Waals surface area contributed by atoms with Gasteiger partial charge in [-0.1, -0.05) is 49.0 Å². The molecule has 0 atom stereocenters. The van der Waals surface area contributed by atoms with E-state index >= 15 is 0 Å². The molecule has 0 radical (unpaired) electrons. The van der Waals surface area contributed by atoms with Crippen molar-refractivity contribution in [2.45, 2.75) is 52.0 Å². The largest absolute Gasteiger partial charge is 0.350 e. The first kappa shape index (κ1) is 21.4. The Bertz CT molecular complexity index is 1250. The van der Waals surface area contributed by atoms with Crippen LogP contribution >= 0.6 is 0 Å². The van der Waals surface area contributed by atoms with Crippen molar-refractivity contribution in [3.8, 4) is 11.4 Å². The van der Waals surface area contributed by atoms with Crippen LogP contribution in [0.15, 0.2) is 53.3 Å². The van der Waals surface area contributed by atoms with Crippen LogP contribution in [0.4, 0.5) is 0 Å². The van der Waals surface area contributed by atoms with Gasteiger partial charge in [0.2, 0.25) is 11.7 Å². The van der Waals surface area contributed by atoms with E-state index in [1.165, 1.54) is 25.7 Å². The molecule has 170 valence electrons. The number of benzene rings is 2. The highest BCUT2D eigenvalue weighted by molar-refractivity contribution is 5.95. The lowest BCUT2D eigenvalue weighted by molar-refractivity contribution is 0.0952. The maximum atomic E-state index is 12.4. The van der Waals surface area contributed by atoms with Gasteiger partial charge in [-0.15, -0.1) is 0 Å². The number of nitrogens with zero attached hydrogens (tertiary/aromatic N) is 4. The molecule has 0 bridgehead atoms. The van der Waals surface area contributed by atoms with Crippen molar-refractivity contribution in [3.05, 3.63) is 65.8 Å². The predicted octanol–water partition coefficient (Wildman–Crippen LogP) is 4.95. The van der Waals surface area contributed by atoms with E-state index in [1.807, 2.05) is 54.0 Å². The average molecular weight is 444 g/mol. The second-order valence-electron chi connectivity index (χ2n) is 8.91. The van der Waals surface area contributed by atoms with Crippen molar-refractivity contribution in [1.82, 2.24) is 25.0 Å². The first-order valence-electron chi connectivity index (χ1n) is 11.8. The van der Waals surface area contributed by atoms with Crippen LogP contribution in [0.1, 0.15) is 53.9 Å². The molecule has 2 aromatic heterocycles. The Balaban J connectivity index is 1.21. The molecule has 4 aromatic rings. The minimum atomic E-state index is -0.0550.